The fourth-order valence-corrected chi connectivity index (χ4v) is 3.95. The monoisotopic (exact) mass is 399 g/mol. The van der Waals surface area contributed by atoms with Crippen LogP contribution in [0.2, 0.25) is 0 Å². The van der Waals surface area contributed by atoms with Crippen LogP contribution in [0.25, 0.3) is 10.9 Å². The van der Waals surface area contributed by atoms with Gasteiger partial charge in [-0.2, -0.15) is 5.10 Å². The smallest absolute Gasteiger partial charge is 0.226 e. The maximum atomic E-state index is 13.5. The Morgan fingerprint density at radius 2 is 1.97 bits per heavy atom. The lowest BCUT2D eigenvalue weighted by molar-refractivity contribution is -0.142. The van der Waals surface area contributed by atoms with Crippen LogP contribution in [-0.2, 0) is 11.8 Å². The van der Waals surface area contributed by atoms with E-state index in [9.17, 15) is 18.7 Å². The SMILES string of the molecule is Cn1cc2cc(Oc3ccc(F)c(F)c3)cc([C@@H]3C[C@H]3C(=O)N3CC(O)C3)c2n1. The molecule has 2 fully saturated rings. The molecule has 0 spiro atoms. The second-order valence-electron chi connectivity index (χ2n) is 7.78. The molecule has 150 valence electrons. The molecule has 29 heavy (non-hydrogen) atoms. The molecule has 6 nitrogen and oxygen atoms in total. The number of nitrogens with zero attached hydrogens (tertiary/aromatic N) is 3. The number of hydrogen-bond acceptors (Lipinski definition) is 4. The first-order chi connectivity index (χ1) is 13.9. The minimum Gasteiger partial charge on any atom is -0.457 e. The van der Waals surface area contributed by atoms with Crippen molar-refractivity contribution < 1.29 is 23.4 Å². The van der Waals surface area contributed by atoms with Crippen LogP contribution in [0.1, 0.15) is 17.9 Å². The van der Waals surface area contributed by atoms with Crippen molar-refractivity contribution in [2.24, 2.45) is 13.0 Å². The summed E-state index contributed by atoms with van der Waals surface area (Å²) >= 11 is 0. The lowest BCUT2D eigenvalue weighted by Crippen LogP contribution is -2.54. The van der Waals surface area contributed by atoms with Crippen LogP contribution in [-0.4, -0.2) is 44.9 Å². The molecule has 1 saturated carbocycles. The molecule has 2 aliphatic rings. The molecule has 5 rings (SSSR count). The summed E-state index contributed by atoms with van der Waals surface area (Å²) in [6.45, 7) is 0.778. The van der Waals surface area contributed by atoms with Gasteiger partial charge in [0.1, 0.15) is 11.5 Å². The largest absolute Gasteiger partial charge is 0.457 e. The molecule has 3 aromatic rings. The second kappa shape index (κ2) is 6.52. The van der Waals surface area contributed by atoms with Crippen molar-refractivity contribution >= 4 is 16.8 Å². The second-order valence-corrected chi connectivity index (χ2v) is 7.78. The number of likely N-dealkylation sites (tertiary alicyclic amines) is 1. The standard InChI is InChI=1S/C21H19F2N3O3/c1-25-8-11-4-14(29-13-2-3-18(22)19(23)6-13)5-16(20(11)24-25)15-7-17(15)21(28)26-9-12(27)10-26/h2-6,8,12,15,17,27H,7,9-10H2,1H3/t15-,17+/m0/s1. The van der Waals surface area contributed by atoms with E-state index in [1.165, 1.54) is 6.07 Å². The van der Waals surface area contributed by atoms with E-state index in [-0.39, 0.29) is 23.5 Å². The summed E-state index contributed by atoms with van der Waals surface area (Å²) in [6.07, 6.45) is 2.14. The summed E-state index contributed by atoms with van der Waals surface area (Å²) in [6, 6.07) is 6.99. The predicted molar refractivity (Wildman–Crippen MR) is 101 cm³/mol. The number of carbonyl (C=O) groups excluding carboxylic acids is 1. The zero-order chi connectivity index (χ0) is 20.3. The molecule has 2 aromatic carbocycles. The van der Waals surface area contributed by atoms with Crippen molar-refractivity contribution in [3.05, 3.63) is 53.7 Å². The number of halogens is 2. The third kappa shape index (κ3) is 3.23. The quantitative estimate of drug-likeness (QED) is 0.733. The normalized spacial score (nSPS) is 21.3. The fourth-order valence-electron chi connectivity index (χ4n) is 3.95. The molecule has 1 N–H and O–H groups in total. The zero-order valence-corrected chi connectivity index (χ0v) is 15.7. The number of benzene rings is 2. The number of hydrogen-bond donors (Lipinski definition) is 1. The Balaban J connectivity index is 1.45. The number of aliphatic hydroxyl groups excluding tert-OH is 1. The van der Waals surface area contributed by atoms with Gasteiger partial charge >= 0.3 is 0 Å². The van der Waals surface area contributed by atoms with Gasteiger partial charge in [-0.05, 0) is 42.2 Å². The van der Waals surface area contributed by atoms with Gasteiger partial charge in [0.15, 0.2) is 11.6 Å². The molecule has 8 heteroatoms. The highest BCUT2D eigenvalue weighted by Gasteiger charge is 2.48. The van der Waals surface area contributed by atoms with Gasteiger partial charge in [-0.3, -0.25) is 9.48 Å². The van der Waals surface area contributed by atoms with Crippen LogP contribution < -0.4 is 4.74 Å². The van der Waals surface area contributed by atoms with Crippen molar-refractivity contribution in [3.8, 4) is 11.5 Å². The van der Waals surface area contributed by atoms with Gasteiger partial charge in [0.2, 0.25) is 5.91 Å². The Kier molecular flexibility index (Phi) is 4.06. The molecular formula is C21H19F2N3O3. The molecule has 0 bridgehead atoms. The highest BCUT2D eigenvalue weighted by molar-refractivity contribution is 5.88. The van der Waals surface area contributed by atoms with Gasteiger partial charge < -0.3 is 14.7 Å². The fraction of sp³-hybridized carbons (Fsp3) is 0.333. The van der Waals surface area contributed by atoms with E-state index in [0.29, 0.717) is 25.3 Å². The van der Waals surface area contributed by atoms with Crippen molar-refractivity contribution in [3.63, 3.8) is 0 Å². The average molecular weight is 399 g/mol. The van der Waals surface area contributed by atoms with Crippen molar-refractivity contribution in [1.29, 1.82) is 0 Å². The Morgan fingerprint density at radius 3 is 2.69 bits per heavy atom. The lowest BCUT2D eigenvalue weighted by atomic mass is 10.0. The zero-order valence-electron chi connectivity index (χ0n) is 15.7. The lowest BCUT2D eigenvalue weighted by Gasteiger charge is -2.36. The number of amides is 1. The summed E-state index contributed by atoms with van der Waals surface area (Å²) in [7, 11) is 1.82. The molecule has 2 atom stereocenters. The number of carbonyl (C=O) groups is 1. The maximum Gasteiger partial charge on any atom is 0.226 e. The summed E-state index contributed by atoms with van der Waals surface area (Å²) < 4.78 is 34.1. The first kappa shape index (κ1) is 18.1. The maximum absolute atomic E-state index is 13.5. The van der Waals surface area contributed by atoms with Gasteiger partial charge in [0, 0.05) is 43.7 Å². The Hall–Kier alpha value is -3.00. The molecular weight excluding hydrogens is 380 g/mol. The van der Waals surface area contributed by atoms with Gasteiger partial charge in [0.25, 0.3) is 0 Å². The number of aryl methyl sites for hydroxylation is 1. The van der Waals surface area contributed by atoms with Crippen LogP contribution in [0, 0.1) is 17.6 Å². The van der Waals surface area contributed by atoms with E-state index in [1.54, 1.807) is 15.6 Å². The number of rotatable bonds is 4. The van der Waals surface area contributed by atoms with E-state index in [2.05, 4.69) is 5.10 Å². The number of β-amino-alcohol motifs (C(OH)–C–C–N with tert-alkyl or cyclic N) is 1. The molecule has 0 radical (unpaired) electrons. The number of aliphatic hydroxyl groups is 1. The van der Waals surface area contributed by atoms with Crippen LogP contribution in [0.15, 0.2) is 36.5 Å². The van der Waals surface area contributed by atoms with Gasteiger partial charge in [0.05, 0.1) is 11.6 Å². The average Bonchev–Trinajstić information content (AvgIpc) is 3.35. The molecule has 1 aromatic heterocycles. The highest BCUT2D eigenvalue weighted by Crippen LogP contribution is 2.51. The Bertz CT molecular complexity index is 1120. The van der Waals surface area contributed by atoms with E-state index in [0.717, 1.165) is 28.6 Å². The van der Waals surface area contributed by atoms with Crippen LogP contribution in [0.5, 0.6) is 11.5 Å². The molecule has 1 saturated heterocycles. The van der Waals surface area contributed by atoms with Gasteiger partial charge in [-0.1, -0.05) is 0 Å². The predicted octanol–water partition coefficient (Wildman–Crippen LogP) is 2.95. The van der Waals surface area contributed by atoms with Crippen molar-refractivity contribution in [1.82, 2.24) is 14.7 Å². The summed E-state index contributed by atoms with van der Waals surface area (Å²) in [5, 5.41) is 14.8. The number of aromatic nitrogens is 2. The first-order valence-corrected chi connectivity index (χ1v) is 9.46. The molecule has 1 aliphatic carbocycles. The summed E-state index contributed by atoms with van der Waals surface area (Å²) in [5.41, 5.74) is 1.70. The third-order valence-electron chi connectivity index (χ3n) is 5.53. The van der Waals surface area contributed by atoms with Gasteiger partial charge in [-0.15, -0.1) is 0 Å². The van der Waals surface area contributed by atoms with Crippen LogP contribution in [0.4, 0.5) is 8.78 Å². The van der Waals surface area contributed by atoms with E-state index < -0.39 is 17.7 Å². The first-order valence-electron chi connectivity index (χ1n) is 9.46. The van der Waals surface area contributed by atoms with Crippen LogP contribution >= 0.6 is 0 Å². The minimum atomic E-state index is -0.977. The van der Waals surface area contributed by atoms with E-state index >= 15 is 0 Å². The summed E-state index contributed by atoms with van der Waals surface area (Å²) in [5.74, 6) is -1.31. The Labute approximate surface area is 165 Å². The topological polar surface area (TPSA) is 67.6 Å². The van der Waals surface area contributed by atoms with E-state index in [1.807, 2.05) is 19.3 Å². The molecule has 1 aliphatic heterocycles. The molecule has 1 amide bonds. The minimum absolute atomic E-state index is 0.0196. The summed E-state index contributed by atoms with van der Waals surface area (Å²) in [4.78, 5) is 14.3. The number of ether oxygens (including phenoxy) is 1. The molecule has 0 unspecified atom stereocenters. The molecule has 2 heterocycles. The Morgan fingerprint density at radius 1 is 1.17 bits per heavy atom. The van der Waals surface area contributed by atoms with E-state index in [4.69, 9.17) is 4.74 Å². The van der Waals surface area contributed by atoms with Crippen molar-refractivity contribution in [2.75, 3.05) is 13.1 Å². The van der Waals surface area contributed by atoms with Crippen molar-refractivity contribution in [2.45, 2.75) is 18.4 Å². The highest BCUT2D eigenvalue weighted by atomic mass is 19.2. The van der Waals surface area contributed by atoms with Gasteiger partial charge in [-0.25, -0.2) is 8.78 Å². The number of fused-ring (bicyclic) bond motifs is 1. The third-order valence-corrected chi connectivity index (χ3v) is 5.53. The van der Waals surface area contributed by atoms with Crippen LogP contribution in [0.3, 0.4) is 0 Å².